The van der Waals surface area contributed by atoms with Crippen molar-refractivity contribution < 1.29 is 17.2 Å². The Balaban J connectivity index is 2.28. The van der Waals surface area contributed by atoms with Gasteiger partial charge in [-0.05, 0) is 47.4 Å². The summed E-state index contributed by atoms with van der Waals surface area (Å²) in [7, 11) is -4.01. The number of hydrogen-bond donors (Lipinski definition) is 2. The van der Waals surface area contributed by atoms with Crippen LogP contribution in [0.3, 0.4) is 0 Å². The second-order valence-electron chi connectivity index (χ2n) is 4.89. The lowest BCUT2D eigenvalue weighted by molar-refractivity contribution is 0.327. The molecule has 0 aliphatic carbocycles. The van der Waals surface area contributed by atoms with Gasteiger partial charge in [-0.25, -0.2) is 21.9 Å². The van der Waals surface area contributed by atoms with Crippen molar-refractivity contribution in [3.05, 3.63) is 28.2 Å². The van der Waals surface area contributed by atoms with Crippen molar-refractivity contribution in [2.75, 3.05) is 13.1 Å². The molecule has 4 nitrogen and oxygen atoms in total. The van der Waals surface area contributed by atoms with E-state index in [1.54, 1.807) is 0 Å². The summed E-state index contributed by atoms with van der Waals surface area (Å²) >= 11 is 2.87. The van der Waals surface area contributed by atoms with Crippen molar-refractivity contribution in [1.82, 2.24) is 10.0 Å². The number of hydrogen-bond acceptors (Lipinski definition) is 3. The highest BCUT2D eigenvalue weighted by molar-refractivity contribution is 9.10. The number of halogens is 3. The maximum atomic E-state index is 13.7. The maximum Gasteiger partial charge on any atom is 0.243 e. The molecule has 2 atom stereocenters. The maximum absolute atomic E-state index is 13.7. The van der Waals surface area contributed by atoms with Gasteiger partial charge in [-0.3, -0.25) is 0 Å². The lowest BCUT2D eigenvalue weighted by Crippen LogP contribution is -2.48. The molecule has 0 spiro atoms. The highest BCUT2D eigenvalue weighted by Gasteiger charge is 2.29. The molecule has 1 heterocycles. The molecule has 2 unspecified atom stereocenters. The molecule has 1 fully saturated rings. The summed E-state index contributed by atoms with van der Waals surface area (Å²) in [5.74, 6) is -1.83. The molecule has 1 aliphatic heterocycles. The Morgan fingerprint density at radius 2 is 2.05 bits per heavy atom. The van der Waals surface area contributed by atoms with Crippen LogP contribution in [-0.2, 0) is 10.0 Å². The number of sulfonamides is 1. The minimum Gasteiger partial charge on any atom is -0.316 e. The van der Waals surface area contributed by atoms with E-state index < -0.39 is 26.6 Å². The Morgan fingerprint density at radius 3 is 2.70 bits per heavy atom. The average Bonchev–Trinajstić information content (AvgIpc) is 2.36. The third kappa shape index (κ3) is 3.36. The quantitative estimate of drug-likeness (QED) is 0.802. The SMILES string of the molecule is CC1CNCCC1NS(=O)(=O)c1cc(Br)c(F)cc1F. The van der Waals surface area contributed by atoms with Gasteiger partial charge in [0.25, 0.3) is 0 Å². The third-order valence-corrected chi connectivity index (χ3v) is 5.47. The second-order valence-corrected chi connectivity index (χ2v) is 7.43. The number of rotatable bonds is 3. The van der Waals surface area contributed by atoms with Crippen LogP contribution in [0.2, 0.25) is 0 Å². The van der Waals surface area contributed by atoms with Gasteiger partial charge in [0.1, 0.15) is 16.5 Å². The van der Waals surface area contributed by atoms with Crippen LogP contribution in [0, 0.1) is 17.6 Å². The zero-order valence-corrected chi connectivity index (χ0v) is 13.2. The predicted octanol–water partition coefficient (Wildman–Crippen LogP) is 2.00. The van der Waals surface area contributed by atoms with Gasteiger partial charge in [-0.1, -0.05) is 6.92 Å². The summed E-state index contributed by atoms with van der Waals surface area (Å²) in [5, 5.41) is 3.15. The van der Waals surface area contributed by atoms with E-state index in [2.05, 4.69) is 26.0 Å². The Morgan fingerprint density at radius 1 is 1.35 bits per heavy atom. The smallest absolute Gasteiger partial charge is 0.243 e. The second kappa shape index (κ2) is 6.05. The Kier molecular flexibility index (Phi) is 4.78. The average molecular weight is 369 g/mol. The first-order chi connectivity index (χ1) is 9.31. The molecule has 1 saturated heterocycles. The van der Waals surface area contributed by atoms with E-state index in [0.29, 0.717) is 25.6 Å². The Hall–Kier alpha value is -0.570. The van der Waals surface area contributed by atoms with Crippen LogP contribution < -0.4 is 10.0 Å². The van der Waals surface area contributed by atoms with Gasteiger partial charge in [0.2, 0.25) is 10.0 Å². The van der Waals surface area contributed by atoms with E-state index in [1.165, 1.54) is 0 Å². The van der Waals surface area contributed by atoms with Crippen LogP contribution in [0.25, 0.3) is 0 Å². The summed E-state index contributed by atoms with van der Waals surface area (Å²) in [6, 6.07) is 1.24. The molecular formula is C12H15BrF2N2O2S. The molecule has 2 rings (SSSR count). The topological polar surface area (TPSA) is 58.2 Å². The van der Waals surface area contributed by atoms with Gasteiger partial charge in [-0.2, -0.15) is 0 Å². The standard InChI is InChI=1S/C12H15BrF2N2O2S/c1-7-6-16-3-2-11(7)17-20(18,19)12-4-8(13)9(14)5-10(12)15/h4-5,7,11,16-17H,2-3,6H2,1H3. The molecule has 20 heavy (non-hydrogen) atoms. The van der Waals surface area contributed by atoms with E-state index in [-0.39, 0.29) is 16.4 Å². The fourth-order valence-electron chi connectivity index (χ4n) is 2.16. The number of nitrogens with one attached hydrogen (secondary N) is 2. The molecular weight excluding hydrogens is 354 g/mol. The normalized spacial score (nSPS) is 23.8. The third-order valence-electron chi connectivity index (χ3n) is 3.36. The molecule has 112 valence electrons. The fourth-order valence-corrected chi connectivity index (χ4v) is 4.12. The van der Waals surface area contributed by atoms with Crippen molar-refractivity contribution >= 4 is 26.0 Å². The van der Waals surface area contributed by atoms with Gasteiger partial charge in [-0.15, -0.1) is 0 Å². The summed E-state index contributed by atoms with van der Waals surface area (Å²) in [6.07, 6.45) is 0.629. The molecule has 0 radical (unpaired) electrons. The molecule has 1 aromatic carbocycles. The summed E-state index contributed by atoms with van der Waals surface area (Å²) < 4.78 is 53.7. The lowest BCUT2D eigenvalue weighted by atomic mass is 9.97. The first-order valence-electron chi connectivity index (χ1n) is 6.19. The summed E-state index contributed by atoms with van der Waals surface area (Å²) in [4.78, 5) is -0.545. The van der Waals surface area contributed by atoms with Crippen LogP contribution >= 0.6 is 15.9 Å². The van der Waals surface area contributed by atoms with Crippen LogP contribution in [0.4, 0.5) is 8.78 Å². The van der Waals surface area contributed by atoms with E-state index in [1.807, 2.05) is 6.92 Å². The Labute approximate surface area is 125 Å². The molecule has 8 heteroatoms. The van der Waals surface area contributed by atoms with E-state index in [0.717, 1.165) is 6.07 Å². The monoisotopic (exact) mass is 368 g/mol. The van der Waals surface area contributed by atoms with E-state index in [9.17, 15) is 17.2 Å². The summed E-state index contributed by atoms with van der Waals surface area (Å²) in [6.45, 7) is 3.31. The Bertz CT molecular complexity index is 610. The minimum absolute atomic E-state index is 0.0855. The zero-order chi connectivity index (χ0) is 14.9. The number of piperidine rings is 1. The van der Waals surface area contributed by atoms with Crippen molar-refractivity contribution in [3.8, 4) is 0 Å². The van der Waals surface area contributed by atoms with Crippen molar-refractivity contribution in [2.24, 2.45) is 5.92 Å². The zero-order valence-electron chi connectivity index (χ0n) is 10.8. The van der Waals surface area contributed by atoms with Crippen molar-refractivity contribution in [3.63, 3.8) is 0 Å². The highest BCUT2D eigenvalue weighted by Crippen LogP contribution is 2.24. The van der Waals surface area contributed by atoms with Crippen molar-refractivity contribution in [2.45, 2.75) is 24.3 Å². The van der Waals surface area contributed by atoms with Crippen molar-refractivity contribution in [1.29, 1.82) is 0 Å². The lowest BCUT2D eigenvalue weighted by Gasteiger charge is -2.30. The molecule has 2 N–H and O–H groups in total. The first kappa shape index (κ1) is 15.8. The first-order valence-corrected chi connectivity index (χ1v) is 8.46. The largest absolute Gasteiger partial charge is 0.316 e. The van der Waals surface area contributed by atoms with E-state index >= 15 is 0 Å². The van der Waals surface area contributed by atoms with Gasteiger partial charge in [0.15, 0.2) is 0 Å². The van der Waals surface area contributed by atoms with Gasteiger partial charge >= 0.3 is 0 Å². The van der Waals surface area contributed by atoms with Crippen LogP contribution in [0.1, 0.15) is 13.3 Å². The number of benzene rings is 1. The van der Waals surface area contributed by atoms with Crippen LogP contribution in [0.15, 0.2) is 21.5 Å². The molecule has 0 saturated carbocycles. The molecule has 0 bridgehead atoms. The van der Waals surface area contributed by atoms with Crippen LogP contribution in [-0.4, -0.2) is 27.5 Å². The minimum atomic E-state index is -4.01. The van der Waals surface area contributed by atoms with E-state index in [4.69, 9.17) is 0 Å². The highest BCUT2D eigenvalue weighted by atomic mass is 79.9. The molecule has 0 amide bonds. The molecule has 1 aromatic rings. The summed E-state index contributed by atoms with van der Waals surface area (Å²) in [5.41, 5.74) is 0. The van der Waals surface area contributed by atoms with Crippen LogP contribution in [0.5, 0.6) is 0 Å². The molecule has 0 aromatic heterocycles. The van der Waals surface area contributed by atoms with Gasteiger partial charge in [0.05, 0.1) is 4.47 Å². The fraction of sp³-hybridized carbons (Fsp3) is 0.500. The molecule has 1 aliphatic rings. The van der Waals surface area contributed by atoms with Gasteiger partial charge < -0.3 is 5.32 Å². The predicted molar refractivity (Wildman–Crippen MR) is 74.8 cm³/mol. The van der Waals surface area contributed by atoms with Gasteiger partial charge in [0, 0.05) is 12.1 Å².